The van der Waals surface area contributed by atoms with Crippen LogP contribution in [0, 0.1) is 11.8 Å². The third-order valence-electron chi connectivity index (χ3n) is 10.9. The summed E-state index contributed by atoms with van der Waals surface area (Å²) in [6.07, 6.45) is 8.38. The molecule has 0 bridgehead atoms. The van der Waals surface area contributed by atoms with E-state index in [2.05, 4.69) is 61.3 Å². The summed E-state index contributed by atoms with van der Waals surface area (Å²) in [6.45, 7) is 9.95. The van der Waals surface area contributed by atoms with E-state index in [0.29, 0.717) is 73.9 Å². The Morgan fingerprint density at radius 2 is 1.13 bits per heavy atom. The summed E-state index contributed by atoms with van der Waals surface area (Å²) in [5, 5.41) is 32.5. The molecule has 4 fully saturated rings. The van der Waals surface area contributed by atoms with Gasteiger partial charge in [0.25, 0.3) is 0 Å². The summed E-state index contributed by atoms with van der Waals surface area (Å²) in [7, 11) is 0. The van der Waals surface area contributed by atoms with E-state index in [9.17, 15) is 9.59 Å². The SMILES string of the molecule is CSc1nnc(CNC(=O)C2CC2)c(NCc2ccc(Cl)cc2Cl)n1.O=C(NCc1nnc(N2CCN(CCN3CCCC3)CC2)nc1NCc1ccc(Cl)cc1Cl)C1CC1. The zero-order chi connectivity index (χ0) is 42.7. The summed E-state index contributed by atoms with van der Waals surface area (Å²) >= 11 is 25.9. The average molecular weight is 932 g/mol. The van der Waals surface area contributed by atoms with Gasteiger partial charge in [0.05, 0.1) is 13.1 Å². The number of anilines is 3. The van der Waals surface area contributed by atoms with Gasteiger partial charge in [0.15, 0.2) is 11.6 Å². The molecule has 2 aliphatic carbocycles. The minimum Gasteiger partial charge on any atom is -0.364 e. The first kappa shape index (κ1) is 45.3. The maximum absolute atomic E-state index is 12.2. The third kappa shape index (κ3) is 13.6. The van der Waals surface area contributed by atoms with Crippen molar-refractivity contribution in [1.82, 2.24) is 50.8 Å². The zero-order valence-corrected chi connectivity index (χ0v) is 37.9. The number of halogens is 4. The molecule has 2 aromatic carbocycles. The number of aromatic nitrogens is 6. The Bertz CT molecular complexity index is 2130. The van der Waals surface area contributed by atoms with E-state index in [-0.39, 0.29) is 30.2 Å². The molecule has 4 aromatic rings. The molecule has 0 atom stereocenters. The van der Waals surface area contributed by atoms with E-state index < -0.39 is 0 Å². The van der Waals surface area contributed by atoms with Crippen molar-refractivity contribution in [2.75, 3.05) is 74.1 Å². The number of hydrogen-bond acceptors (Lipinski definition) is 14. The fraction of sp³-hybridized carbons (Fsp3) is 0.512. The van der Waals surface area contributed by atoms with Crippen molar-refractivity contribution in [1.29, 1.82) is 0 Å². The lowest BCUT2D eigenvalue weighted by molar-refractivity contribution is -0.123. The highest BCUT2D eigenvalue weighted by atomic mass is 35.5. The summed E-state index contributed by atoms with van der Waals surface area (Å²) in [4.78, 5) is 40.6. The van der Waals surface area contributed by atoms with Gasteiger partial charge in [-0.15, -0.1) is 20.4 Å². The quantitative estimate of drug-likeness (QED) is 0.0839. The number of benzene rings is 2. The Balaban J connectivity index is 0.000000197. The van der Waals surface area contributed by atoms with Crippen LogP contribution in [0.4, 0.5) is 17.6 Å². The van der Waals surface area contributed by atoms with Gasteiger partial charge < -0.3 is 31.1 Å². The monoisotopic (exact) mass is 929 g/mol. The van der Waals surface area contributed by atoms with Crippen LogP contribution in [0.15, 0.2) is 41.6 Å². The first-order valence-corrected chi connectivity index (χ1v) is 23.5. The van der Waals surface area contributed by atoms with Gasteiger partial charge in [0, 0.05) is 84.3 Å². The molecule has 2 amide bonds. The van der Waals surface area contributed by atoms with Gasteiger partial charge in [-0.2, -0.15) is 4.98 Å². The first-order valence-electron chi connectivity index (χ1n) is 20.7. The van der Waals surface area contributed by atoms with Gasteiger partial charge in [-0.1, -0.05) is 70.3 Å². The summed E-state index contributed by atoms with van der Waals surface area (Å²) in [6, 6.07) is 10.8. The van der Waals surface area contributed by atoms with Gasteiger partial charge >= 0.3 is 0 Å². The second kappa shape index (κ2) is 22.0. The molecule has 0 spiro atoms. The van der Waals surface area contributed by atoms with Crippen LogP contribution in [0.2, 0.25) is 20.1 Å². The van der Waals surface area contributed by atoms with Gasteiger partial charge in [-0.25, -0.2) is 4.98 Å². The highest BCUT2D eigenvalue weighted by molar-refractivity contribution is 7.98. The molecule has 4 aliphatic rings. The third-order valence-corrected chi connectivity index (χ3v) is 12.6. The Hall–Kier alpha value is -3.77. The summed E-state index contributed by atoms with van der Waals surface area (Å²) in [5.74, 6) is 2.21. The van der Waals surface area contributed by atoms with Crippen molar-refractivity contribution in [3.63, 3.8) is 0 Å². The average Bonchev–Trinajstić information content (AvgIpc) is 4.22. The molecule has 2 aromatic heterocycles. The molecule has 2 aliphatic heterocycles. The molecular formula is C41H51Cl4N13O2S. The van der Waals surface area contributed by atoms with E-state index in [4.69, 9.17) is 51.4 Å². The van der Waals surface area contributed by atoms with Crippen LogP contribution in [0.5, 0.6) is 0 Å². The lowest BCUT2D eigenvalue weighted by Crippen LogP contribution is -2.49. The van der Waals surface area contributed by atoms with E-state index in [1.54, 1.807) is 18.2 Å². The second-order valence-electron chi connectivity index (χ2n) is 15.5. The predicted octanol–water partition coefficient (Wildman–Crippen LogP) is 6.57. The molecule has 15 nitrogen and oxygen atoms in total. The van der Waals surface area contributed by atoms with Crippen LogP contribution in [0.25, 0.3) is 0 Å². The number of nitrogens with zero attached hydrogens (tertiary/aromatic N) is 9. The highest BCUT2D eigenvalue weighted by Gasteiger charge is 2.31. The first-order chi connectivity index (χ1) is 29.6. The Morgan fingerprint density at radius 1 is 0.639 bits per heavy atom. The van der Waals surface area contributed by atoms with E-state index in [1.807, 2.05) is 24.5 Å². The Labute approximate surface area is 380 Å². The van der Waals surface area contributed by atoms with Crippen molar-refractivity contribution in [2.24, 2.45) is 11.8 Å². The van der Waals surface area contributed by atoms with Gasteiger partial charge in [-0.05, 0) is 93.3 Å². The minimum atomic E-state index is 0.0578. The smallest absolute Gasteiger partial charge is 0.247 e. The van der Waals surface area contributed by atoms with Crippen LogP contribution in [0.1, 0.15) is 61.0 Å². The van der Waals surface area contributed by atoms with Crippen molar-refractivity contribution in [3.05, 3.63) is 79.0 Å². The number of thioether (sulfide) groups is 1. The van der Waals surface area contributed by atoms with Crippen molar-refractivity contribution in [2.45, 2.75) is 69.9 Å². The number of carbonyl (C=O) groups is 2. The standard InChI is InChI=1S/C25H34Cl2N8O.C16H17Cl2N5OS/c26-20-6-5-19(21(27)15-20)16-28-23-22(17-29-24(36)18-3-4-18)31-32-25(30-23)35-13-11-34(12-14-35)10-9-33-7-1-2-8-33;1-25-16-21-14(19-7-10-4-5-11(17)6-12(10)18)13(22-23-16)8-20-15(24)9-2-3-9/h5-6,15,18H,1-4,7-14,16-17H2,(H,29,36)(H,28,30,32);4-6,9H,2-3,7-8H2,1H3,(H,20,24)(H,19,21,23). The normalized spacial score (nSPS) is 16.8. The predicted molar refractivity (Wildman–Crippen MR) is 242 cm³/mol. The van der Waals surface area contributed by atoms with Crippen molar-refractivity contribution < 1.29 is 9.59 Å². The van der Waals surface area contributed by atoms with Crippen molar-refractivity contribution >= 4 is 87.6 Å². The molecule has 2 saturated carbocycles. The van der Waals surface area contributed by atoms with Crippen LogP contribution in [-0.2, 0) is 35.8 Å². The fourth-order valence-electron chi connectivity index (χ4n) is 6.88. The molecular weight excluding hydrogens is 880 g/mol. The van der Waals surface area contributed by atoms with Gasteiger partial charge in [0.2, 0.25) is 22.9 Å². The van der Waals surface area contributed by atoms with Crippen LogP contribution >= 0.6 is 58.2 Å². The molecule has 2 saturated heterocycles. The van der Waals surface area contributed by atoms with Gasteiger partial charge in [0.1, 0.15) is 11.4 Å². The highest BCUT2D eigenvalue weighted by Crippen LogP contribution is 2.30. The summed E-state index contributed by atoms with van der Waals surface area (Å²) in [5.41, 5.74) is 3.00. The minimum absolute atomic E-state index is 0.0578. The van der Waals surface area contributed by atoms with E-state index in [0.717, 1.165) is 76.1 Å². The van der Waals surface area contributed by atoms with Crippen LogP contribution in [-0.4, -0.2) is 111 Å². The molecule has 4 N–H and O–H groups in total. The molecule has 0 unspecified atom stereocenters. The topological polar surface area (TPSA) is 169 Å². The van der Waals surface area contributed by atoms with Gasteiger partial charge in [-0.3, -0.25) is 14.5 Å². The Morgan fingerprint density at radius 3 is 1.62 bits per heavy atom. The van der Waals surface area contributed by atoms with E-state index in [1.165, 1.54) is 37.7 Å². The molecule has 20 heteroatoms. The molecule has 61 heavy (non-hydrogen) atoms. The van der Waals surface area contributed by atoms with E-state index >= 15 is 0 Å². The number of amides is 2. The number of likely N-dealkylation sites (tertiary alicyclic amines) is 1. The lowest BCUT2D eigenvalue weighted by Gasteiger charge is -2.35. The second-order valence-corrected chi connectivity index (χ2v) is 18.0. The number of rotatable bonds is 17. The molecule has 8 rings (SSSR count). The van der Waals surface area contributed by atoms with Crippen LogP contribution < -0.4 is 26.2 Å². The summed E-state index contributed by atoms with van der Waals surface area (Å²) < 4.78 is 0. The lowest BCUT2D eigenvalue weighted by atomic mass is 10.2. The molecule has 326 valence electrons. The Kier molecular flexibility index (Phi) is 16.3. The maximum Gasteiger partial charge on any atom is 0.247 e. The molecule has 0 radical (unpaired) electrons. The number of piperazine rings is 1. The van der Waals surface area contributed by atoms with Crippen LogP contribution in [0.3, 0.4) is 0 Å². The number of carbonyl (C=O) groups excluding carboxylic acids is 2. The van der Waals surface area contributed by atoms with Crippen molar-refractivity contribution in [3.8, 4) is 0 Å². The molecule has 4 heterocycles. The fourth-order valence-corrected chi connectivity index (χ4v) is 8.14. The maximum atomic E-state index is 12.2. The number of hydrogen-bond donors (Lipinski definition) is 4. The number of nitrogens with one attached hydrogen (secondary N) is 4. The largest absolute Gasteiger partial charge is 0.364 e. The zero-order valence-electron chi connectivity index (χ0n) is 34.1.